The molecule has 0 atom stereocenters. The van der Waals surface area contributed by atoms with Gasteiger partial charge < -0.3 is 9.67 Å². The molecule has 0 aromatic carbocycles. The lowest BCUT2D eigenvalue weighted by atomic mass is 10.1. The molecule has 2 saturated carbocycles. The Labute approximate surface area is 126 Å². The van der Waals surface area contributed by atoms with Gasteiger partial charge in [0, 0.05) is 12.2 Å². The van der Waals surface area contributed by atoms with Gasteiger partial charge in [-0.2, -0.15) is 0 Å². The molecule has 5 nitrogen and oxygen atoms in total. The second-order valence-corrected chi connectivity index (χ2v) is 6.92. The standard InChI is InChI=1S/C15H17N3O2S/c19-13(20)8-21-15-17-11-7-16-6-5-12(11)18(15)14(9-1-2-9)10-3-4-10/h5-7,9-10,14H,1-4,8H2,(H,19,20). The van der Waals surface area contributed by atoms with Crippen molar-refractivity contribution in [3.05, 3.63) is 18.5 Å². The largest absolute Gasteiger partial charge is 0.481 e. The van der Waals surface area contributed by atoms with Crippen molar-refractivity contribution in [2.24, 2.45) is 11.8 Å². The van der Waals surface area contributed by atoms with Crippen molar-refractivity contribution >= 4 is 28.8 Å². The zero-order valence-corrected chi connectivity index (χ0v) is 12.4. The van der Waals surface area contributed by atoms with Crippen LogP contribution < -0.4 is 0 Å². The molecule has 0 bridgehead atoms. The van der Waals surface area contributed by atoms with E-state index >= 15 is 0 Å². The molecular weight excluding hydrogens is 286 g/mol. The number of aromatic nitrogens is 3. The summed E-state index contributed by atoms with van der Waals surface area (Å²) in [5, 5.41) is 9.79. The predicted octanol–water partition coefficient (Wildman–Crippen LogP) is 2.97. The van der Waals surface area contributed by atoms with Crippen LogP contribution in [-0.4, -0.2) is 31.4 Å². The van der Waals surface area contributed by atoms with E-state index in [4.69, 9.17) is 5.11 Å². The Bertz CT molecular complexity index is 679. The van der Waals surface area contributed by atoms with Gasteiger partial charge in [0.1, 0.15) is 5.52 Å². The zero-order chi connectivity index (χ0) is 14.4. The molecule has 2 aromatic rings. The number of carbonyl (C=O) groups is 1. The number of nitrogens with zero attached hydrogens (tertiary/aromatic N) is 3. The van der Waals surface area contributed by atoms with E-state index in [1.54, 1.807) is 12.4 Å². The molecular formula is C15H17N3O2S. The molecule has 2 aromatic heterocycles. The first-order chi connectivity index (χ1) is 10.2. The number of aliphatic carboxylic acids is 1. The van der Waals surface area contributed by atoms with Gasteiger partial charge in [-0.3, -0.25) is 9.78 Å². The lowest BCUT2D eigenvalue weighted by Gasteiger charge is -2.21. The molecule has 2 aliphatic carbocycles. The van der Waals surface area contributed by atoms with E-state index in [1.807, 2.05) is 6.07 Å². The van der Waals surface area contributed by atoms with Crippen LogP contribution in [0, 0.1) is 11.8 Å². The molecule has 0 amide bonds. The Morgan fingerprint density at radius 1 is 1.38 bits per heavy atom. The highest BCUT2D eigenvalue weighted by Gasteiger charge is 2.44. The molecule has 4 rings (SSSR count). The van der Waals surface area contributed by atoms with Crippen molar-refractivity contribution in [1.82, 2.24) is 14.5 Å². The quantitative estimate of drug-likeness (QED) is 0.831. The summed E-state index contributed by atoms with van der Waals surface area (Å²) >= 11 is 1.32. The predicted molar refractivity (Wildman–Crippen MR) is 80.4 cm³/mol. The normalized spacial score (nSPS) is 18.5. The fourth-order valence-corrected chi connectivity index (χ4v) is 3.90. The Morgan fingerprint density at radius 2 is 2.10 bits per heavy atom. The van der Waals surface area contributed by atoms with Crippen LogP contribution in [-0.2, 0) is 4.79 Å². The minimum atomic E-state index is -0.800. The third-order valence-corrected chi connectivity index (χ3v) is 5.23. The number of carboxylic acid groups (broad SMARTS) is 1. The van der Waals surface area contributed by atoms with Crippen LogP contribution in [0.3, 0.4) is 0 Å². The first kappa shape index (κ1) is 13.1. The Kier molecular flexibility index (Phi) is 3.14. The summed E-state index contributed by atoms with van der Waals surface area (Å²) in [4.78, 5) is 19.7. The van der Waals surface area contributed by atoms with E-state index in [-0.39, 0.29) is 5.75 Å². The Balaban J connectivity index is 1.79. The summed E-state index contributed by atoms with van der Waals surface area (Å²) in [6.07, 6.45) is 8.71. The highest BCUT2D eigenvalue weighted by atomic mass is 32.2. The van der Waals surface area contributed by atoms with E-state index in [0.717, 1.165) is 28.0 Å². The number of carboxylic acids is 1. The molecule has 0 unspecified atom stereocenters. The summed E-state index contributed by atoms with van der Waals surface area (Å²) in [7, 11) is 0. The number of rotatable bonds is 6. The van der Waals surface area contributed by atoms with Crippen molar-refractivity contribution in [1.29, 1.82) is 0 Å². The second kappa shape index (κ2) is 5.02. The topological polar surface area (TPSA) is 68.0 Å². The van der Waals surface area contributed by atoms with Crippen LogP contribution in [0.2, 0.25) is 0 Å². The van der Waals surface area contributed by atoms with E-state index < -0.39 is 5.97 Å². The van der Waals surface area contributed by atoms with Gasteiger partial charge in [0.2, 0.25) is 0 Å². The van der Waals surface area contributed by atoms with Gasteiger partial charge in [0.05, 0.1) is 17.5 Å². The minimum Gasteiger partial charge on any atom is -0.481 e. The lowest BCUT2D eigenvalue weighted by molar-refractivity contribution is -0.133. The second-order valence-electron chi connectivity index (χ2n) is 5.98. The first-order valence-corrected chi connectivity index (χ1v) is 8.39. The number of hydrogen-bond donors (Lipinski definition) is 1. The smallest absolute Gasteiger partial charge is 0.313 e. The highest BCUT2D eigenvalue weighted by Crippen LogP contribution is 2.53. The van der Waals surface area contributed by atoms with Crippen molar-refractivity contribution in [2.75, 3.05) is 5.75 Å². The van der Waals surface area contributed by atoms with E-state index in [0.29, 0.717) is 6.04 Å². The lowest BCUT2D eigenvalue weighted by Crippen LogP contribution is -2.15. The molecule has 2 heterocycles. The number of imidazole rings is 1. The maximum atomic E-state index is 10.9. The fraction of sp³-hybridized carbons (Fsp3) is 0.533. The van der Waals surface area contributed by atoms with Crippen molar-refractivity contribution in [2.45, 2.75) is 36.9 Å². The summed E-state index contributed by atoms with van der Waals surface area (Å²) in [5.74, 6) is 0.740. The average Bonchev–Trinajstić information content (AvgIpc) is 3.35. The molecule has 0 radical (unpaired) electrons. The van der Waals surface area contributed by atoms with Gasteiger partial charge >= 0.3 is 5.97 Å². The Morgan fingerprint density at radius 3 is 2.71 bits per heavy atom. The van der Waals surface area contributed by atoms with Gasteiger partial charge in [0.15, 0.2) is 5.16 Å². The van der Waals surface area contributed by atoms with Gasteiger partial charge in [-0.15, -0.1) is 0 Å². The number of fused-ring (bicyclic) bond motifs is 1. The van der Waals surface area contributed by atoms with Crippen LogP contribution in [0.1, 0.15) is 31.7 Å². The highest BCUT2D eigenvalue weighted by molar-refractivity contribution is 7.99. The summed E-state index contributed by atoms with van der Waals surface area (Å²) in [6.45, 7) is 0. The molecule has 21 heavy (non-hydrogen) atoms. The van der Waals surface area contributed by atoms with Crippen LogP contribution in [0.4, 0.5) is 0 Å². The molecule has 110 valence electrons. The van der Waals surface area contributed by atoms with E-state index in [9.17, 15) is 4.79 Å². The number of hydrogen-bond acceptors (Lipinski definition) is 4. The van der Waals surface area contributed by atoms with Gasteiger partial charge in [0.25, 0.3) is 0 Å². The first-order valence-electron chi connectivity index (χ1n) is 7.40. The zero-order valence-electron chi connectivity index (χ0n) is 11.6. The summed E-state index contributed by atoms with van der Waals surface area (Å²) < 4.78 is 2.31. The van der Waals surface area contributed by atoms with Crippen LogP contribution in [0.15, 0.2) is 23.6 Å². The van der Waals surface area contributed by atoms with Crippen molar-refractivity contribution < 1.29 is 9.90 Å². The van der Waals surface area contributed by atoms with E-state index in [2.05, 4.69) is 14.5 Å². The fourth-order valence-electron chi connectivity index (χ4n) is 3.13. The van der Waals surface area contributed by atoms with Crippen LogP contribution in [0.5, 0.6) is 0 Å². The SMILES string of the molecule is O=C(O)CSc1nc2cnccc2n1C(C1CC1)C1CC1. The van der Waals surface area contributed by atoms with E-state index in [1.165, 1.54) is 37.4 Å². The Hall–Kier alpha value is -1.56. The van der Waals surface area contributed by atoms with Gasteiger partial charge in [-0.05, 0) is 43.6 Å². The minimum absolute atomic E-state index is 0.0544. The number of thioether (sulfide) groups is 1. The van der Waals surface area contributed by atoms with Crippen molar-refractivity contribution in [3.63, 3.8) is 0 Å². The molecule has 2 fully saturated rings. The summed E-state index contributed by atoms with van der Waals surface area (Å²) in [5.41, 5.74) is 1.97. The molecule has 0 saturated heterocycles. The van der Waals surface area contributed by atoms with Crippen molar-refractivity contribution in [3.8, 4) is 0 Å². The third-order valence-electron chi connectivity index (χ3n) is 4.29. The monoisotopic (exact) mass is 303 g/mol. The number of pyridine rings is 1. The molecule has 2 aliphatic rings. The van der Waals surface area contributed by atoms with Gasteiger partial charge in [-0.1, -0.05) is 11.8 Å². The molecule has 6 heteroatoms. The van der Waals surface area contributed by atoms with Crippen LogP contribution >= 0.6 is 11.8 Å². The third kappa shape index (κ3) is 2.52. The van der Waals surface area contributed by atoms with Crippen LogP contribution in [0.25, 0.3) is 11.0 Å². The molecule has 0 spiro atoms. The summed E-state index contributed by atoms with van der Waals surface area (Å²) in [6, 6.07) is 2.50. The average molecular weight is 303 g/mol. The maximum absolute atomic E-state index is 10.9. The maximum Gasteiger partial charge on any atom is 0.313 e. The molecule has 1 N–H and O–H groups in total. The van der Waals surface area contributed by atoms with Gasteiger partial charge in [-0.25, -0.2) is 4.98 Å². The molecule has 0 aliphatic heterocycles.